The third-order valence-electron chi connectivity index (χ3n) is 3.79. The molecular formula is C19H23N3O3. The van der Waals surface area contributed by atoms with Gasteiger partial charge in [-0.1, -0.05) is 36.4 Å². The monoisotopic (exact) mass is 341 g/mol. The van der Waals surface area contributed by atoms with Crippen LogP contribution in [0.15, 0.2) is 54.9 Å². The molecule has 1 heterocycles. The number of hydrogen-bond donors (Lipinski definition) is 3. The van der Waals surface area contributed by atoms with E-state index in [2.05, 4.69) is 15.6 Å². The zero-order valence-corrected chi connectivity index (χ0v) is 14.0. The van der Waals surface area contributed by atoms with Crippen LogP contribution in [0.1, 0.15) is 24.0 Å². The molecule has 2 aromatic rings. The van der Waals surface area contributed by atoms with Gasteiger partial charge in [0, 0.05) is 31.4 Å². The molecular weight excluding hydrogens is 318 g/mol. The van der Waals surface area contributed by atoms with E-state index in [4.69, 9.17) is 5.11 Å². The van der Waals surface area contributed by atoms with Crippen molar-refractivity contribution in [2.45, 2.75) is 31.7 Å². The van der Waals surface area contributed by atoms with Crippen LogP contribution in [0.4, 0.5) is 4.79 Å². The number of benzene rings is 1. The van der Waals surface area contributed by atoms with Crippen LogP contribution in [0.3, 0.4) is 0 Å². The lowest BCUT2D eigenvalue weighted by molar-refractivity contribution is -0.137. The minimum atomic E-state index is -0.864. The summed E-state index contributed by atoms with van der Waals surface area (Å²) < 4.78 is 0. The van der Waals surface area contributed by atoms with Crippen LogP contribution in [0.5, 0.6) is 0 Å². The van der Waals surface area contributed by atoms with E-state index in [9.17, 15) is 9.59 Å². The Morgan fingerprint density at radius 3 is 2.52 bits per heavy atom. The van der Waals surface area contributed by atoms with Crippen LogP contribution >= 0.6 is 0 Å². The van der Waals surface area contributed by atoms with Crippen LogP contribution in [0.2, 0.25) is 0 Å². The summed E-state index contributed by atoms with van der Waals surface area (Å²) in [6.45, 7) is 0.495. The highest BCUT2D eigenvalue weighted by atomic mass is 16.4. The molecule has 0 saturated carbocycles. The number of hydrogen-bond acceptors (Lipinski definition) is 3. The predicted octanol–water partition coefficient (Wildman–Crippen LogP) is 2.40. The first kappa shape index (κ1) is 18.4. The van der Waals surface area contributed by atoms with Gasteiger partial charge in [0.05, 0.1) is 0 Å². The summed E-state index contributed by atoms with van der Waals surface area (Å²) in [6.07, 6.45) is 5.18. The number of nitrogens with one attached hydrogen (secondary N) is 2. The molecule has 3 N–H and O–H groups in total. The molecule has 6 heteroatoms. The van der Waals surface area contributed by atoms with Crippen molar-refractivity contribution < 1.29 is 14.7 Å². The van der Waals surface area contributed by atoms with Crippen molar-refractivity contribution in [2.24, 2.45) is 0 Å². The van der Waals surface area contributed by atoms with Gasteiger partial charge in [-0.05, 0) is 36.5 Å². The molecule has 2 amide bonds. The van der Waals surface area contributed by atoms with Gasteiger partial charge < -0.3 is 15.7 Å². The van der Waals surface area contributed by atoms with Crippen LogP contribution in [-0.2, 0) is 17.6 Å². The van der Waals surface area contributed by atoms with E-state index in [0.717, 1.165) is 11.1 Å². The quantitative estimate of drug-likeness (QED) is 0.653. The molecule has 0 aliphatic carbocycles. The van der Waals surface area contributed by atoms with Crippen molar-refractivity contribution in [3.8, 4) is 0 Å². The van der Waals surface area contributed by atoms with Crippen molar-refractivity contribution in [3.63, 3.8) is 0 Å². The number of amides is 2. The first-order valence-corrected chi connectivity index (χ1v) is 8.32. The molecule has 1 aromatic carbocycles. The second kappa shape index (κ2) is 10.1. The first-order valence-electron chi connectivity index (χ1n) is 8.32. The topological polar surface area (TPSA) is 91.3 Å². The molecule has 132 valence electrons. The molecule has 1 aromatic heterocycles. The molecule has 0 saturated heterocycles. The summed E-state index contributed by atoms with van der Waals surface area (Å²) in [4.78, 5) is 27.0. The Morgan fingerprint density at radius 2 is 1.84 bits per heavy atom. The highest BCUT2D eigenvalue weighted by Gasteiger charge is 2.14. The highest BCUT2D eigenvalue weighted by molar-refractivity contribution is 5.74. The van der Waals surface area contributed by atoms with Crippen molar-refractivity contribution in [2.75, 3.05) is 6.54 Å². The smallest absolute Gasteiger partial charge is 0.315 e. The maximum absolute atomic E-state index is 12.1. The van der Waals surface area contributed by atoms with Gasteiger partial charge in [-0.25, -0.2) is 4.79 Å². The fourth-order valence-electron chi connectivity index (χ4n) is 2.52. The summed E-state index contributed by atoms with van der Waals surface area (Å²) in [5, 5.41) is 14.6. The second-order valence-electron chi connectivity index (χ2n) is 5.83. The molecule has 0 bridgehead atoms. The van der Waals surface area contributed by atoms with E-state index in [0.29, 0.717) is 25.8 Å². The maximum Gasteiger partial charge on any atom is 0.315 e. The number of urea groups is 1. The molecule has 2 rings (SSSR count). The molecule has 1 atom stereocenters. The highest BCUT2D eigenvalue weighted by Crippen LogP contribution is 2.08. The standard InChI is InChI=1S/C19H23N3O3/c23-18(24)9-8-17(13-15-5-2-1-3-6-15)22-19(25)21-12-10-16-7-4-11-20-14-16/h1-7,11,14,17H,8-10,12-13H2,(H,23,24)(H2,21,22,25). The van der Waals surface area contributed by atoms with Gasteiger partial charge >= 0.3 is 12.0 Å². The van der Waals surface area contributed by atoms with E-state index in [1.807, 2.05) is 42.5 Å². The number of aromatic nitrogens is 1. The summed E-state index contributed by atoms with van der Waals surface area (Å²) in [5.41, 5.74) is 2.11. The van der Waals surface area contributed by atoms with Crippen molar-refractivity contribution in [1.82, 2.24) is 15.6 Å². The summed E-state index contributed by atoms with van der Waals surface area (Å²) >= 11 is 0. The third kappa shape index (κ3) is 7.48. The molecule has 0 fully saturated rings. The Labute approximate surface area is 147 Å². The van der Waals surface area contributed by atoms with Gasteiger partial charge in [0.1, 0.15) is 0 Å². The fraction of sp³-hybridized carbons (Fsp3) is 0.316. The molecule has 0 aliphatic heterocycles. The first-order chi connectivity index (χ1) is 12.1. The lowest BCUT2D eigenvalue weighted by atomic mass is 10.0. The van der Waals surface area contributed by atoms with Gasteiger partial charge in [0.25, 0.3) is 0 Å². The number of carboxylic acids is 1. The second-order valence-corrected chi connectivity index (χ2v) is 5.83. The van der Waals surface area contributed by atoms with E-state index in [1.54, 1.807) is 12.4 Å². The Balaban J connectivity index is 1.82. The Kier molecular flexibility index (Phi) is 7.43. The minimum Gasteiger partial charge on any atom is -0.481 e. The molecule has 6 nitrogen and oxygen atoms in total. The van der Waals surface area contributed by atoms with Crippen LogP contribution in [0, 0.1) is 0 Å². The van der Waals surface area contributed by atoms with Crippen LogP contribution in [-0.4, -0.2) is 34.7 Å². The lowest BCUT2D eigenvalue weighted by Gasteiger charge is -2.18. The maximum atomic E-state index is 12.1. The van der Waals surface area contributed by atoms with Crippen molar-refractivity contribution in [1.29, 1.82) is 0 Å². The predicted molar refractivity (Wildman–Crippen MR) is 95.3 cm³/mol. The summed E-state index contributed by atoms with van der Waals surface area (Å²) in [5.74, 6) is -0.864. The molecule has 25 heavy (non-hydrogen) atoms. The number of nitrogens with zero attached hydrogens (tertiary/aromatic N) is 1. The number of pyridine rings is 1. The van der Waals surface area contributed by atoms with Crippen molar-refractivity contribution >= 4 is 12.0 Å². The third-order valence-corrected chi connectivity index (χ3v) is 3.79. The molecule has 0 radical (unpaired) electrons. The van der Waals surface area contributed by atoms with E-state index < -0.39 is 5.97 Å². The number of aliphatic carboxylic acids is 1. The summed E-state index contributed by atoms with van der Waals surface area (Å²) in [7, 11) is 0. The number of rotatable bonds is 9. The Morgan fingerprint density at radius 1 is 1.08 bits per heavy atom. The number of carboxylic acid groups (broad SMARTS) is 1. The van der Waals surface area contributed by atoms with Crippen LogP contribution in [0.25, 0.3) is 0 Å². The zero-order chi connectivity index (χ0) is 17.9. The van der Waals surface area contributed by atoms with Gasteiger partial charge in [0.2, 0.25) is 0 Å². The lowest BCUT2D eigenvalue weighted by Crippen LogP contribution is -2.44. The average molecular weight is 341 g/mol. The number of carbonyl (C=O) groups excluding carboxylic acids is 1. The Hall–Kier alpha value is -2.89. The molecule has 0 spiro atoms. The summed E-state index contributed by atoms with van der Waals surface area (Å²) in [6, 6.07) is 13.0. The molecule has 1 unspecified atom stereocenters. The van der Waals surface area contributed by atoms with E-state index in [-0.39, 0.29) is 18.5 Å². The van der Waals surface area contributed by atoms with E-state index in [1.165, 1.54) is 0 Å². The van der Waals surface area contributed by atoms with Crippen molar-refractivity contribution in [3.05, 3.63) is 66.0 Å². The minimum absolute atomic E-state index is 0.0213. The average Bonchev–Trinajstić information content (AvgIpc) is 2.61. The normalized spacial score (nSPS) is 11.5. The van der Waals surface area contributed by atoms with E-state index >= 15 is 0 Å². The molecule has 0 aliphatic rings. The van der Waals surface area contributed by atoms with Crippen LogP contribution < -0.4 is 10.6 Å². The Bertz CT molecular complexity index is 662. The number of carbonyl (C=O) groups is 2. The van der Waals surface area contributed by atoms with Gasteiger partial charge in [-0.2, -0.15) is 0 Å². The zero-order valence-electron chi connectivity index (χ0n) is 14.0. The van der Waals surface area contributed by atoms with Gasteiger partial charge in [0.15, 0.2) is 0 Å². The van der Waals surface area contributed by atoms with Gasteiger partial charge in [-0.15, -0.1) is 0 Å². The SMILES string of the molecule is O=C(O)CCC(Cc1ccccc1)NC(=O)NCCc1cccnc1. The van der Waals surface area contributed by atoms with Gasteiger partial charge in [-0.3, -0.25) is 9.78 Å². The fourth-order valence-corrected chi connectivity index (χ4v) is 2.52. The largest absolute Gasteiger partial charge is 0.481 e.